The SMILES string of the molecule is N#Cc1ccnc(NCC2CCCC2CO)c1. The van der Waals surface area contributed by atoms with Gasteiger partial charge in [-0.05, 0) is 36.8 Å². The van der Waals surface area contributed by atoms with E-state index in [2.05, 4.69) is 16.4 Å². The summed E-state index contributed by atoms with van der Waals surface area (Å²) in [4.78, 5) is 4.17. The van der Waals surface area contributed by atoms with E-state index in [1.54, 1.807) is 18.3 Å². The summed E-state index contributed by atoms with van der Waals surface area (Å²) in [5.74, 6) is 1.68. The molecule has 90 valence electrons. The maximum atomic E-state index is 9.23. The monoisotopic (exact) mass is 231 g/mol. The Balaban J connectivity index is 1.91. The summed E-state index contributed by atoms with van der Waals surface area (Å²) in [7, 11) is 0. The molecular formula is C13H17N3O. The van der Waals surface area contributed by atoms with Gasteiger partial charge in [-0.25, -0.2) is 4.98 Å². The van der Waals surface area contributed by atoms with Gasteiger partial charge in [0.25, 0.3) is 0 Å². The van der Waals surface area contributed by atoms with Crippen LogP contribution in [-0.4, -0.2) is 23.2 Å². The van der Waals surface area contributed by atoms with Gasteiger partial charge >= 0.3 is 0 Å². The van der Waals surface area contributed by atoms with Crippen LogP contribution in [0.1, 0.15) is 24.8 Å². The average molecular weight is 231 g/mol. The molecule has 4 heteroatoms. The maximum absolute atomic E-state index is 9.23. The van der Waals surface area contributed by atoms with Crippen molar-refractivity contribution >= 4 is 5.82 Å². The first kappa shape index (κ1) is 11.9. The van der Waals surface area contributed by atoms with E-state index < -0.39 is 0 Å². The van der Waals surface area contributed by atoms with Crippen LogP contribution >= 0.6 is 0 Å². The Hall–Kier alpha value is -1.60. The number of rotatable bonds is 4. The van der Waals surface area contributed by atoms with Crippen molar-refractivity contribution in [1.29, 1.82) is 5.26 Å². The second kappa shape index (κ2) is 5.65. The molecule has 1 fully saturated rings. The molecule has 0 aromatic carbocycles. The first-order valence-electron chi connectivity index (χ1n) is 6.04. The summed E-state index contributed by atoms with van der Waals surface area (Å²) in [6.45, 7) is 1.10. The van der Waals surface area contributed by atoms with E-state index in [0.29, 0.717) is 17.4 Å². The zero-order chi connectivity index (χ0) is 12.1. The van der Waals surface area contributed by atoms with Crippen molar-refractivity contribution in [3.8, 4) is 6.07 Å². The summed E-state index contributed by atoms with van der Waals surface area (Å²) in [6.07, 6.45) is 5.12. The molecule has 0 aliphatic heterocycles. The van der Waals surface area contributed by atoms with Crippen LogP contribution in [0.5, 0.6) is 0 Å². The van der Waals surface area contributed by atoms with Crippen LogP contribution in [0.3, 0.4) is 0 Å². The van der Waals surface area contributed by atoms with Crippen molar-refractivity contribution in [3.05, 3.63) is 23.9 Å². The third kappa shape index (κ3) is 2.95. The van der Waals surface area contributed by atoms with Gasteiger partial charge in [0.2, 0.25) is 0 Å². The van der Waals surface area contributed by atoms with Gasteiger partial charge in [0.15, 0.2) is 0 Å². The van der Waals surface area contributed by atoms with Gasteiger partial charge < -0.3 is 10.4 Å². The largest absolute Gasteiger partial charge is 0.396 e. The first-order chi connectivity index (χ1) is 8.33. The number of hydrogen-bond acceptors (Lipinski definition) is 4. The van der Waals surface area contributed by atoms with E-state index in [1.165, 1.54) is 6.42 Å². The van der Waals surface area contributed by atoms with Gasteiger partial charge in [0.1, 0.15) is 5.82 Å². The van der Waals surface area contributed by atoms with Gasteiger partial charge in [0, 0.05) is 19.3 Å². The fourth-order valence-corrected chi connectivity index (χ4v) is 2.46. The fourth-order valence-electron chi connectivity index (χ4n) is 2.46. The third-order valence-electron chi connectivity index (χ3n) is 3.49. The number of anilines is 1. The quantitative estimate of drug-likeness (QED) is 0.828. The molecule has 1 aliphatic carbocycles. The highest BCUT2D eigenvalue weighted by Gasteiger charge is 2.26. The topological polar surface area (TPSA) is 68.9 Å². The van der Waals surface area contributed by atoms with Crippen LogP contribution < -0.4 is 5.32 Å². The smallest absolute Gasteiger partial charge is 0.127 e. The van der Waals surface area contributed by atoms with E-state index in [9.17, 15) is 5.11 Å². The first-order valence-corrected chi connectivity index (χ1v) is 6.04. The molecule has 0 saturated heterocycles. The second-order valence-electron chi connectivity index (χ2n) is 4.56. The molecule has 2 N–H and O–H groups in total. The van der Waals surface area contributed by atoms with Gasteiger partial charge in [-0.1, -0.05) is 6.42 Å². The van der Waals surface area contributed by atoms with Crippen molar-refractivity contribution in [2.75, 3.05) is 18.5 Å². The number of hydrogen-bond donors (Lipinski definition) is 2. The number of pyridine rings is 1. The Labute approximate surface area is 101 Å². The minimum atomic E-state index is 0.276. The number of nitrogens with one attached hydrogen (secondary N) is 1. The highest BCUT2D eigenvalue weighted by molar-refractivity contribution is 5.42. The van der Waals surface area contributed by atoms with Crippen molar-refractivity contribution in [2.24, 2.45) is 11.8 Å². The Bertz CT molecular complexity index is 413. The zero-order valence-corrected chi connectivity index (χ0v) is 9.76. The lowest BCUT2D eigenvalue weighted by molar-refractivity contribution is 0.199. The van der Waals surface area contributed by atoms with Gasteiger partial charge in [0.05, 0.1) is 11.6 Å². The number of aliphatic hydroxyl groups excluding tert-OH is 1. The molecule has 0 radical (unpaired) electrons. The second-order valence-corrected chi connectivity index (χ2v) is 4.56. The summed E-state index contributed by atoms with van der Waals surface area (Å²) in [5.41, 5.74) is 0.618. The summed E-state index contributed by atoms with van der Waals surface area (Å²) in [5, 5.41) is 21.3. The molecular weight excluding hydrogens is 214 g/mol. The van der Waals surface area contributed by atoms with E-state index in [-0.39, 0.29) is 6.61 Å². The van der Waals surface area contributed by atoms with E-state index >= 15 is 0 Å². The van der Waals surface area contributed by atoms with E-state index in [1.807, 2.05) is 0 Å². The van der Waals surface area contributed by atoms with Gasteiger partial charge in [-0.2, -0.15) is 5.26 Å². The van der Waals surface area contributed by atoms with E-state index in [4.69, 9.17) is 5.26 Å². The minimum absolute atomic E-state index is 0.276. The molecule has 0 spiro atoms. The van der Waals surface area contributed by atoms with Crippen molar-refractivity contribution < 1.29 is 5.11 Å². The minimum Gasteiger partial charge on any atom is -0.396 e. The van der Waals surface area contributed by atoms with Crippen LogP contribution in [-0.2, 0) is 0 Å². The molecule has 1 aromatic heterocycles. The maximum Gasteiger partial charge on any atom is 0.127 e. The van der Waals surface area contributed by atoms with E-state index in [0.717, 1.165) is 25.2 Å². The summed E-state index contributed by atoms with van der Waals surface area (Å²) < 4.78 is 0. The Kier molecular flexibility index (Phi) is 3.94. The highest BCUT2D eigenvalue weighted by Crippen LogP contribution is 2.31. The molecule has 1 saturated carbocycles. The number of nitriles is 1. The summed E-state index contributed by atoms with van der Waals surface area (Å²) >= 11 is 0. The lowest BCUT2D eigenvalue weighted by Gasteiger charge is -2.18. The average Bonchev–Trinajstić information content (AvgIpc) is 2.84. The normalized spacial score (nSPS) is 23.3. The lowest BCUT2D eigenvalue weighted by Crippen LogP contribution is -2.21. The molecule has 1 aromatic rings. The summed E-state index contributed by atoms with van der Waals surface area (Å²) in [6, 6.07) is 5.54. The van der Waals surface area contributed by atoms with Gasteiger partial charge in [-0.15, -0.1) is 0 Å². The van der Waals surface area contributed by atoms with Gasteiger partial charge in [-0.3, -0.25) is 0 Å². The highest BCUT2D eigenvalue weighted by atomic mass is 16.3. The van der Waals surface area contributed by atoms with Crippen molar-refractivity contribution in [3.63, 3.8) is 0 Å². The van der Waals surface area contributed by atoms with Crippen LogP contribution in [0.4, 0.5) is 5.82 Å². The Morgan fingerprint density at radius 3 is 3.06 bits per heavy atom. The Morgan fingerprint density at radius 1 is 1.47 bits per heavy atom. The number of aliphatic hydroxyl groups is 1. The third-order valence-corrected chi connectivity index (χ3v) is 3.49. The Morgan fingerprint density at radius 2 is 2.29 bits per heavy atom. The molecule has 2 unspecified atom stereocenters. The molecule has 2 atom stereocenters. The molecule has 1 aliphatic rings. The van der Waals surface area contributed by atoms with Crippen LogP contribution in [0.25, 0.3) is 0 Å². The number of aromatic nitrogens is 1. The number of nitrogens with zero attached hydrogens (tertiary/aromatic N) is 2. The predicted octanol–water partition coefficient (Wildman–Crippen LogP) is 1.77. The lowest BCUT2D eigenvalue weighted by atomic mass is 9.97. The molecule has 0 amide bonds. The zero-order valence-electron chi connectivity index (χ0n) is 9.76. The predicted molar refractivity (Wildman–Crippen MR) is 65.4 cm³/mol. The molecule has 0 bridgehead atoms. The molecule has 1 heterocycles. The molecule has 4 nitrogen and oxygen atoms in total. The van der Waals surface area contributed by atoms with Crippen molar-refractivity contribution in [1.82, 2.24) is 4.98 Å². The van der Waals surface area contributed by atoms with Crippen LogP contribution in [0.15, 0.2) is 18.3 Å². The van der Waals surface area contributed by atoms with Crippen LogP contribution in [0.2, 0.25) is 0 Å². The fraction of sp³-hybridized carbons (Fsp3) is 0.538. The standard InChI is InChI=1S/C13H17N3O/c14-7-10-4-5-15-13(6-10)16-8-11-2-1-3-12(11)9-17/h4-6,11-12,17H,1-3,8-9H2,(H,15,16). The molecule has 2 rings (SSSR count). The molecule has 17 heavy (non-hydrogen) atoms. The van der Waals surface area contributed by atoms with Crippen molar-refractivity contribution in [2.45, 2.75) is 19.3 Å². The van der Waals surface area contributed by atoms with Crippen LogP contribution in [0, 0.1) is 23.2 Å².